The number of urea groups is 1. The number of hydrogen-bond donors (Lipinski definition) is 2. The van der Waals surface area contributed by atoms with E-state index in [1.165, 1.54) is 0 Å². The van der Waals surface area contributed by atoms with Crippen molar-refractivity contribution in [1.29, 1.82) is 0 Å². The lowest BCUT2D eigenvalue weighted by atomic mass is 9.92. The number of likely N-dealkylation sites (tertiary alicyclic amines) is 1. The lowest BCUT2D eigenvalue weighted by molar-refractivity contribution is 0.0820. The zero-order valence-electron chi connectivity index (χ0n) is 11.0. The predicted molar refractivity (Wildman–Crippen MR) is 76.4 cm³/mol. The number of nitrogens with zero attached hydrogens (tertiary/aromatic N) is 1. The minimum atomic E-state index is -0.297. The normalized spacial score (nSPS) is 18.2. The molecule has 2 amide bonds. The molecule has 1 aromatic carbocycles. The van der Waals surface area contributed by atoms with Gasteiger partial charge >= 0.3 is 6.03 Å². The topological polar surface area (TPSA) is 52.6 Å². The molecule has 1 aliphatic rings. The molecular weight excluding hydrogens is 264 g/mol. The van der Waals surface area contributed by atoms with Gasteiger partial charge in [-0.1, -0.05) is 23.7 Å². The molecule has 19 heavy (non-hydrogen) atoms. The number of rotatable bonds is 2. The van der Waals surface area contributed by atoms with E-state index in [2.05, 4.69) is 5.32 Å². The molecule has 1 heterocycles. The van der Waals surface area contributed by atoms with Gasteiger partial charge in [-0.25, -0.2) is 4.79 Å². The van der Waals surface area contributed by atoms with Gasteiger partial charge in [0.15, 0.2) is 0 Å². The van der Waals surface area contributed by atoms with Crippen molar-refractivity contribution in [2.45, 2.75) is 25.9 Å². The van der Waals surface area contributed by atoms with E-state index < -0.39 is 0 Å². The second-order valence-corrected chi connectivity index (χ2v) is 5.38. The maximum atomic E-state index is 12.1. The average Bonchev–Trinajstić information content (AvgIpc) is 2.41. The van der Waals surface area contributed by atoms with Gasteiger partial charge in [-0.2, -0.15) is 0 Å². The molecule has 2 rings (SSSR count). The standard InChI is InChI=1S/C14H19ClN2O2/c1-10(18)11-6-8-17(9-7-11)14(19)16-13-5-3-2-4-12(13)15/h2-5,10-11,18H,6-9H2,1H3,(H,16,19). The third kappa shape index (κ3) is 3.61. The van der Waals surface area contributed by atoms with Gasteiger partial charge in [0.05, 0.1) is 16.8 Å². The van der Waals surface area contributed by atoms with E-state index in [1.807, 2.05) is 19.1 Å². The van der Waals surface area contributed by atoms with Crippen LogP contribution < -0.4 is 5.32 Å². The van der Waals surface area contributed by atoms with Crippen molar-refractivity contribution < 1.29 is 9.90 Å². The maximum Gasteiger partial charge on any atom is 0.321 e. The smallest absolute Gasteiger partial charge is 0.321 e. The van der Waals surface area contributed by atoms with Crippen molar-refractivity contribution in [1.82, 2.24) is 4.90 Å². The summed E-state index contributed by atoms with van der Waals surface area (Å²) in [6.07, 6.45) is 1.38. The van der Waals surface area contributed by atoms with Gasteiger partial charge in [-0.3, -0.25) is 0 Å². The summed E-state index contributed by atoms with van der Waals surface area (Å²) in [6.45, 7) is 3.15. The van der Waals surface area contributed by atoms with E-state index in [-0.39, 0.29) is 12.1 Å². The monoisotopic (exact) mass is 282 g/mol. The first-order chi connectivity index (χ1) is 9.08. The molecule has 104 valence electrons. The number of benzene rings is 1. The number of para-hydroxylation sites is 1. The Morgan fingerprint density at radius 1 is 1.42 bits per heavy atom. The van der Waals surface area contributed by atoms with Gasteiger partial charge in [-0.15, -0.1) is 0 Å². The van der Waals surface area contributed by atoms with Crippen molar-refractivity contribution in [3.63, 3.8) is 0 Å². The Bertz CT molecular complexity index is 443. The van der Waals surface area contributed by atoms with E-state index in [0.29, 0.717) is 29.7 Å². The fourth-order valence-corrected chi connectivity index (χ4v) is 2.52. The molecule has 1 saturated heterocycles. The summed E-state index contributed by atoms with van der Waals surface area (Å²) in [6, 6.07) is 7.06. The van der Waals surface area contributed by atoms with Gasteiger partial charge in [0.2, 0.25) is 0 Å². The molecule has 1 aromatic rings. The minimum absolute atomic E-state index is 0.128. The average molecular weight is 283 g/mol. The van der Waals surface area contributed by atoms with E-state index in [4.69, 9.17) is 11.6 Å². The number of hydrogen-bond acceptors (Lipinski definition) is 2. The summed E-state index contributed by atoms with van der Waals surface area (Å²) < 4.78 is 0. The largest absolute Gasteiger partial charge is 0.393 e. The first-order valence-electron chi connectivity index (χ1n) is 6.56. The third-order valence-corrected chi connectivity index (χ3v) is 3.95. The SMILES string of the molecule is CC(O)C1CCN(C(=O)Nc2ccccc2Cl)CC1. The number of anilines is 1. The molecule has 1 unspecified atom stereocenters. The third-order valence-electron chi connectivity index (χ3n) is 3.62. The highest BCUT2D eigenvalue weighted by Crippen LogP contribution is 2.23. The molecular formula is C14H19ClN2O2. The minimum Gasteiger partial charge on any atom is -0.393 e. The first-order valence-corrected chi connectivity index (χ1v) is 6.94. The van der Waals surface area contributed by atoms with Crippen LogP contribution in [0.2, 0.25) is 5.02 Å². The van der Waals surface area contributed by atoms with Gasteiger partial charge < -0.3 is 15.3 Å². The number of aliphatic hydroxyl groups is 1. The number of piperidine rings is 1. The highest BCUT2D eigenvalue weighted by Gasteiger charge is 2.25. The van der Waals surface area contributed by atoms with E-state index in [9.17, 15) is 9.90 Å². The van der Waals surface area contributed by atoms with Crippen molar-refractivity contribution in [3.05, 3.63) is 29.3 Å². The molecule has 0 aliphatic carbocycles. The number of amides is 2. The zero-order valence-corrected chi connectivity index (χ0v) is 11.7. The van der Waals surface area contributed by atoms with Gasteiger partial charge in [-0.05, 0) is 37.8 Å². The quantitative estimate of drug-likeness (QED) is 0.876. The summed E-state index contributed by atoms with van der Waals surface area (Å²) in [5, 5.41) is 12.9. The zero-order chi connectivity index (χ0) is 13.8. The lowest BCUT2D eigenvalue weighted by Crippen LogP contribution is -2.42. The van der Waals surface area contributed by atoms with E-state index >= 15 is 0 Å². The molecule has 4 nitrogen and oxygen atoms in total. The molecule has 0 bridgehead atoms. The van der Waals surface area contributed by atoms with Crippen molar-refractivity contribution in [2.24, 2.45) is 5.92 Å². The fraction of sp³-hybridized carbons (Fsp3) is 0.500. The van der Waals surface area contributed by atoms with Crippen LogP contribution in [0.1, 0.15) is 19.8 Å². The van der Waals surface area contributed by atoms with Crippen LogP contribution in [0.4, 0.5) is 10.5 Å². The van der Waals surface area contributed by atoms with E-state index in [1.54, 1.807) is 17.0 Å². The van der Waals surface area contributed by atoms with Crippen LogP contribution in [0.3, 0.4) is 0 Å². The summed E-state index contributed by atoms with van der Waals surface area (Å²) >= 11 is 6.01. The summed E-state index contributed by atoms with van der Waals surface area (Å²) in [4.78, 5) is 13.9. The van der Waals surface area contributed by atoms with Crippen molar-refractivity contribution in [2.75, 3.05) is 18.4 Å². The number of aliphatic hydroxyl groups excluding tert-OH is 1. The van der Waals surface area contributed by atoms with Crippen LogP contribution in [0.25, 0.3) is 0 Å². The second kappa shape index (κ2) is 6.26. The van der Waals surface area contributed by atoms with Crippen LogP contribution in [-0.4, -0.2) is 35.2 Å². The Hall–Kier alpha value is -1.26. The molecule has 0 spiro atoms. The predicted octanol–water partition coefficient (Wildman–Crippen LogP) is 2.96. The molecule has 1 fully saturated rings. The van der Waals surface area contributed by atoms with Crippen LogP contribution in [0.5, 0.6) is 0 Å². The Morgan fingerprint density at radius 2 is 2.05 bits per heavy atom. The summed E-state index contributed by atoms with van der Waals surface area (Å²) in [5.41, 5.74) is 0.631. The Kier molecular flexibility index (Phi) is 4.66. The van der Waals surface area contributed by atoms with Crippen LogP contribution in [-0.2, 0) is 0 Å². The number of halogens is 1. The van der Waals surface area contributed by atoms with Crippen LogP contribution >= 0.6 is 11.6 Å². The Morgan fingerprint density at radius 3 is 2.63 bits per heavy atom. The Labute approximate surface area is 118 Å². The first kappa shape index (κ1) is 14.2. The number of carbonyl (C=O) groups is 1. The van der Waals surface area contributed by atoms with E-state index in [0.717, 1.165) is 12.8 Å². The molecule has 1 aliphatic heterocycles. The van der Waals surface area contributed by atoms with Gasteiger partial charge in [0.1, 0.15) is 0 Å². The molecule has 0 aromatic heterocycles. The van der Waals surface area contributed by atoms with Gasteiger partial charge in [0, 0.05) is 13.1 Å². The lowest BCUT2D eigenvalue weighted by Gasteiger charge is -2.33. The van der Waals surface area contributed by atoms with Crippen molar-refractivity contribution >= 4 is 23.3 Å². The van der Waals surface area contributed by atoms with Crippen LogP contribution in [0.15, 0.2) is 24.3 Å². The molecule has 0 radical (unpaired) electrons. The fourth-order valence-electron chi connectivity index (χ4n) is 2.34. The summed E-state index contributed by atoms with van der Waals surface area (Å²) in [7, 11) is 0. The number of carbonyl (C=O) groups excluding carboxylic acids is 1. The number of nitrogens with one attached hydrogen (secondary N) is 1. The second-order valence-electron chi connectivity index (χ2n) is 4.98. The molecule has 1 atom stereocenters. The maximum absolute atomic E-state index is 12.1. The molecule has 0 saturated carbocycles. The Balaban J connectivity index is 1.90. The highest BCUT2D eigenvalue weighted by atomic mass is 35.5. The summed E-state index contributed by atoms with van der Waals surface area (Å²) in [5.74, 6) is 0.296. The van der Waals surface area contributed by atoms with Crippen molar-refractivity contribution in [3.8, 4) is 0 Å². The highest BCUT2D eigenvalue weighted by molar-refractivity contribution is 6.33. The molecule has 2 N–H and O–H groups in total. The van der Waals surface area contributed by atoms with Gasteiger partial charge in [0.25, 0.3) is 0 Å². The molecule has 5 heteroatoms. The van der Waals surface area contributed by atoms with Crippen LogP contribution in [0, 0.1) is 5.92 Å².